The fourth-order valence-electron chi connectivity index (χ4n) is 1.87. The Bertz CT molecular complexity index is 158. The molecule has 0 aromatic rings. The Morgan fingerprint density at radius 2 is 1.79 bits per heavy atom. The molecule has 1 aliphatic heterocycles. The minimum atomic E-state index is 0.315. The second-order valence-corrected chi connectivity index (χ2v) is 4.95. The summed E-state index contributed by atoms with van der Waals surface area (Å²) in [5.41, 5.74) is 6.14. The van der Waals surface area contributed by atoms with Crippen LogP contribution in [0.4, 0.5) is 0 Å². The Balaban J connectivity index is 2.36. The van der Waals surface area contributed by atoms with Crippen LogP contribution in [0.25, 0.3) is 0 Å². The molecular weight excluding hydrogens is 174 g/mol. The molecule has 1 rings (SSSR count). The van der Waals surface area contributed by atoms with Crippen molar-refractivity contribution in [3.63, 3.8) is 0 Å². The van der Waals surface area contributed by atoms with Gasteiger partial charge in [-0.15, -0.1) is 0 Å². The first-order valence-electron chi connectivity index (χ1n) is 5.70. The SMILES string of the molecule is CCC(C)(CN)CN1CCN(C)CC1. The summed E-state index contributed by atoms with van der Waals surface area (Å²) in [6, 6.07) is 0. The molecule has 0 aromatic carbocycles. The molecule has 1 unspecified atom stereocenters. The van der Waals surface area contributed by atoms with E-state index in [0.29, 0.717) is 5.41 Å². The summed E-state index contributed by atoms with van der Waals surface area (Å²) in [5, 5.41) is 0. The van der Waals surface area contributed by atoms with Crippen molar-refractivity contribution in [1.82, 2.24) is 9.80 Å². The maximum absolute atomic E-state index is 5.82. The summed E-state index contributed by atoms with van der Waals surface area (Å²) in [6.45, 7) is 11.3. The van der Waals surface area contributed by atoms with Gasteiger partial charge >= 0.3 is 0 Å². The van der Waals surface area contributed by atoms with Gasteiger partial charge in [-0.1, -0.05) is 13.8 Å². The summed E-state index contributed by atoms with van der Waals surface area (Å²) < 4.78 is 0. The summed E-state index contributed by atoms with van der Waals surface area (Å²) in [7, 11) is 2.19. The van der Waals surface area contributed by atoms with Gasteiger partial charge in [-0.3, -0.25) is 0 Å². The Labute approximate surface area is 88.2 Å². The normalized spacial score (nSPS) is 24.9. The van der Waals surface area contributed by atoms with Crippen LogP contribution in [0.15, 0.2) is 0 Å². The predicted octanol–water partition coefficient (Wildman–Crippen LogP) is 0.609. The maximum Gasteiger partial charge on any atom is 0.0110 e. The van der Waals surface area contributed by atoms with Crippen LogP contribution in [0.3, 0.4) is 0 Å². The molecule has 1 fully saturated rings. The Morgan fingerprint density at radius 3 is 2.21 bits per heavy atom. The van der Waals surface area contributed by atoms with E-state index in [0.717, 1.165) is 13.1 Å². The molecule has 1 aliphatic rings. The van der Waals surface area contributed by atoms with Crippen LogP contribution < -0.4 is 5.73 Å². The van der Waals surface area contributed by atoms with E-state index >= 15 is 0 Å². The van der Waals surface area contributed by atoms with E-state index < -0.39 is 0 Å². The van der Waals surface area contributed by atoms with E-state index in [-0.39, 0.29) is 0 Å². The van der Waals surface area contributed by atoms with E-state index in [9.17, 15) is 0 Å². The molecule has 0 bridgehead atoms. The number of nitrogens with zero attached hydrogens (tertiary/aromatic N) is 2. The average Bonchev–Trinajstić information content (AvgIpc) is 2.21. The molecule has 0 spiro atoms. The molecule has 84 valence electrons. The highest BCUT2D eigenvalue weighted by molar-refractivity contribution is 4.80. The van der Waals surface area contributed by atoms with Crippen LogP contribution >= 0.6 is 0 Å². The fraction of sp³-hybridized carbons (Fsp3) is 1.00. The number of hydrogen-bond donors (Lipinski definition) is 1. The predicted molar refractivity (Wildman–Crippen MR) is 61.4 cm³/mol. The summed E-state index contributed by atoms with van der Waals surface area (Å²) in [6.07, 6.45) is 1.18. The molecule has 0 aliphatic carbocycles. The number of piperazine rings is 1. The van der Waals surface area contributed by atoms with E-state index in [2.05, 4.69) is 30.7 Å². The molecule has 1 atom stereocenters. The Morgan fingerprint density at radius 1 is 1.21 bits per heavy atom. The first kappa shape index (κ1) is 12.0. The topological polar surface area (TPSA) is 32.5 Å². The standard InChI is InChI=1S/C11H25N3/c1-4-11(2,9-12)10-14-7-5-13(3)6-8-14/h4-10,12H2,1-3H3. The van der Waals surface area contributed by atoms with Gasteiger partial charge < -0.3 is 15.5 Å². The maximum atomic E-state index is 5.82. The largest absolute Gasteiger partial charge is 0.330 e. The molecule has 1 heterocycles. The van der Waals surface area contributed by atoms with Gasteiger partial charge in [0.2, 0.25) is 0 Å². The molecule has 0 radical (unpaired) electrons. The smallest absolute Gasteiger partial charge is 0.0110 e. The first-order valence-corrected chi connectivity index (χ1v) is 5.70. The van der Waals surface area contributed by atoms with Crippen LogP contribution in [-0.2, 0) is 0 Å². The van der Waals surface area contributed by atoms with Crippen LogP contribution in [-0.4, -0.2) is 56.1 Å². The fourth-order valence-corrected chi connectivity index (χ4v) is 1.87. The monoisotopic (exact) mass is 199 g/mol. The number of nitrogens with two attached hydrogens (primary N) is 1. The number of hydrogen-bond acceptors (Lipinski definition) is 3. The van der Waals surface area contributed by atoms with Crippen LogP contribution in [0.2, 0.25) is 0 Å². The van der Waals surface area contributed by atoms with Gasteiger partial charge in [0.1, 0.15) is 0 Å². The third-order valence-corrected chi connectivity index (χ3v) is 3.55. The summed E-state index contributed by atoms with van der Waals surface area (Å²) in [4.78, 5) is 4.94. The second-order valence-electron chi connectivity index (χ2n) is 4.95. The van der Waals surface area contributed by atoms with Crippen molar-refractivity contribution in [2.45, 2.75) is 20.3 Å². The lowest BCUT2D eigenvalue weighted by molar-refractivity contribution is 0.104. The van der Waals surface area contributed by atoms with Crippen molar-refractivity contribution in [1.29, 1.82) is 0 Å². The van der Waals surface area contributed by atoms with Crippen LogP contribution in [0.1, 0.15) is 20.3 Å². The second kappa shape index (κ2) is 5.10. The highest BCUT2D eigenvalue weighted by Crippen LogP contribution is 2.21. The van der Waals surface area contributed by atoms with Crippen molar-refractivity contribution < 1.29 is 0 Å². The van der Waals surface area contributed by atoms with E-state index in [4.69, 9.17) is 5.73 Å². The van der Waals surface area contributed by atoms with Crippen LogP contribution in [0.5, 0.6) is 0 Å². The van der Waals surface area contributed by atoms with Gasteiger partial charge in [-0.05, 0) is 25.4 Å². The minimum Gasteiger partial charge on any atom is -0.330 e. The third-order valence-electron chi connectivity index (χ3n) is 3.55. The highest BCUT2D eigenvalue weighted by Gasteiger charge is 2.25. The quantitative estimate of drug-likeness (QED) is 0.720. The lowest BCUT2D eigenvalue weighted by Crippen LogP contribution is -2.49. The van der Waals surface area contributed by atoms with Crippen molar-refractivity contribution in [2.75, 3.05) is 46.3 Å². The van der Waals surface area contributed by atoms with Crippen molar-refractivity contribution >= 4 is 0 Å². The van der Waals surface area contributed by atoms with Crippen molar-refractivity contribution in [2.24, 2.45) is 11.1 Å². The Kier molecular flexibility index (Phi) is 4.35. The minimum absolute atomic E-state index is 0.315. The number of likely N-dealkylation sites (N-methyl/N-ethyl adjacent to an activating group) is 1. The molecule has 2 N–H and O–H groups in total. The van der Waals surface area contributed by atoms with Gasteiger partial charge in [0, 0.05) is 32.7 Å². The van der Waals surface area contributed by atoms with E-state index in [1.165, 1.54) is 32.6 Å². The average molecular weight is 199 g/mol. The third kappa shape index (κ3) is 3.23. The van der Waals surface area contributed by atoms with Gasteiger partial charge in [0.15, 0.2) is 0 Å². The summed E-state index contributed by atoms with van der Waals surface area (Å²) in [5.74, 6) is 0. The van der Waals surface area contributed by atoms with Gasteiger partial charge in [-0.25, -0.2) is 0 Å². The molecule has 1 saturated heterocycles. The van der Waals surface area contributed by atoms with Crippen molar-refractivity contribution in [3.05, 3.63) is 0 Å². The van der Waals surface area contributed by atoms with Gasteiger partial charge in [-0.2, -0.15) is 0 Å². The van der Waals surface area contributed by atoms with Gasteiger partial charge in [0.05, 0.1) is 0 Å². The summed E-state index contributed by atoms with van der Waals surface area (Å²) >= 11 is 0. The van der Waals surface area contributed by atoms with Gasteiger partial charge in [0.25, 0.3) is 0 Å². The molecule has 14 heavy (non-hydrogen) atoms. The van der Waals surface area contributed by atoms with E-state index in [1.54, 1.807) is 0 Å². The molecule has 3 heteroatoms. The van der Waals surface area contributed by atoms with Crippen LogP contribution in [0, 0.1) is 5.41 Å². The number of rotatable bonds is 4. The zero-order valence-electron chi connectivity index (χ0n) is 9.92. The molecule has 3 nitrogen and oxygen atoms in total. The Hall–Kier alpha value is -0.120. The molecule has 0 amide bonds. The zero-order valence-corrected chi connectivity index (χ0v) is 9.92. The molecule has 0 aromatic heterocycles. The van der Waals surface area contributed by atoms with E-state index in [1.807, 2.05) is 0 Å². The zero-order chi connectivity index (χ0) is 10.6. The molecular formula is C11H25N3. The lowest BCUT2D eigenvalue weighted by Gasteiger charge is -2.38. The highest BCUT2D eigenvalue weighted by atomic mass is 15.2. The molecule has 0 saturated carbocycles. The first-order chi connectivity index (χ1) is 6.59. The van der Waals surface area contributed by atoms with Crippen molar-refractivity contribution in [3.8, 4) is 0 Å². The lowest BCUT2D eigenvalue weighted by atomic mass is 9.87.